The minimum atomic E-state index is -0.934. The van der Waals surface area contributed by atoms with E-state index in [0.717, 1.165) is 49.4 Å². The second kappa shape index (κ2) is 9.19. The molecule has 0 aliphatic heterocycles. The molecule has 1 aromatic rings. The Balaban J connectivity index is 3.01. The summed E-state index contributed by atoms with van der Waals surface area (Å²) >= 11 is 0. The number of aliphatic carboxylic acids is 1. The van der Waals surface area contributed by atoms with Crippen LogP contribution in [-0.4, -0.2) is 36.2 Å². The number of methoxy groups -OCH3 is 1. The molecule has 1 rings (SSSR count). The first-order chi connectivity index (χ1) is 10.1. The molecule has 0 aliphatic rings. The Kier molecular flexibility index (Phi) is 7.54. The van der Waals surface area contributed by atoms with E-state index in [9.17, 15) is 4.79 Å². The molecule has 0 bridgehead atoms. The third-order valence-corrected chi connectivity index (χ3v) is 3.23. The monoisotopic (exact) mass is 291 g/mol. The van der Waals surface area contributed by atoms with Gasteiger partial charge in [-0.05, 0) is 55.3 Å². The van der Waals surface area contributed by atoms with Gasteiger partial charge in [-0.1, -0.05) is 19.9 Å². The third-order valence-electron chi connectivity index (χ3n) is 3.23. The van der Waals surface area contributed by atoms with Gasteiger partial charge in [0.2, 0.25) is 0 Å². The molecule has 0 atom stereocenters. The molecule has 0 spiro atoms. The first-order valence-electron chi connectivity index (χ1n) is 7.41. The number of benzene rings is 1. The van der Waals surface area contributed by atoms with Crippen molar-refractivity contribution in [2.75, 3.05) is 20.2 Å². The number of carboxylic acids is 1. The van der Waals surface area contributed by atoms with E-state index in [0.29, 0.717) is 0 Å². The van der Waals surface area contributed by atoms with E-state index in [1.54, 1.807) is 13.2 Å². The van der Waals surface area contributed by atoms with Gasteiger partial charge in [0.1, 0.15) is 5.75 Å². The van der Waals surface area contributed by atoms with Gasteiger partial charge in [-0.3, -0.25) is 4.90 Å². The molecule has 0 saturated heterocycles. The summed E-state index contributed by atoms with van der Waals surface area (Å²) in [4.78, 5) is 13.1. The quantitative estimate of drug-likeness (QED) is 0.708. The normalized spacial score (nSPS) is 11.2. The van der Waals surface area contributed by atoms with Crippen molar-refractivity contribution < 1.29 is 14.6 Å². The summed E-state index contributed by atoms with van der Waals surface area (Å²) in [5.74, 6) is -0.138. The molecule has 4 nitrogen and oxygen atoms in total. The summed E-state index contributed by atoms with van der Waals surface area (Å²) in [6.45, 7) is 7.21. The number of carbonyl (C=O) groups is 1. The molecule has 4 heteroatoms. The van der Waals surface area contributed by atoms with Crippen molar-refractivity contribution in [3.05, 3.63) is 35.4 Å². The molecule has 1 aromatic carbocycles. The van der Waals surface area contributed by atoms with Crippen LogP contribution in [0.15, 0.2) is 24.3 Å². The maximum Gasteiger partial charge on any atom is 0.328 e. The van der Waals surface area contributed by atoms with Crippen molar-refractivity contribution in [3.63, 3.8) is 0 Å². The van der Waals surface area contributed by atoms with Crippen molar-refractivity contribution in [3.8, 4) is 5.75 Å². The van der Waals surface area contributed by atoms with E-state index in [1.165, 1.54) is 6.08 Å². The Morgan fingerprint density at radius 2 is 1.95 bits per heavy atom. The molecule has 0 unspecified atom stereocenters. The first-order valence-corrected chi connectivity index (χ1v) is 7.41. The topological polar surface area (TPSA) is 49.8 Å². The molecule has 0 heterocycles. The van der Waals surface area contributed by atoms with Gasteiger partial charge in [0.15, 0.2) is 0 Å². The van der Waals surface area contributed by atoms with E-state index < -0.39 is 5.97 Å². The summed E-state index contributed by atoms with van der Waals surface area (Å²) in [5.41, 5.74) is 2.02. The smallest absolute Gasteiger partial charge is 0.328 e. The lowest BCUT2D eigenvalue weighted by Gasteiger charge is -2.22. The SMILES string of the molecule is CCCN(CCC)Cc1cc(OC)ccc1C=CC(=O)O. The standard InChI is InChI=1S/C17H25NO3/c1-4-10-18(11-5-2)13-15-12-16(21-3)8-6-14(15)7-9-17(19)20/h6-9,12H,4-5,10-11,13H2,1-3H3,(H,19,20). The van der Waals surface area contributed by atoms with Crippen LogP contribution in [0.4, 0.5) is 0 Å². The number of carboxylic acid groups (broad SMARTS) is 1. The Morgan fingerprint density at radius 1 is 1.29 bits per heavy atom. The summed E-state index contributed by atoms with van der Waals surface area (Å²) in [6.07, 6.45) is 5.02. The molecule has 1 N–H and O–H groups in total. The Bertz CT molecular complexity index is 477. The average molecular weight is 291 g/mol. The summed E-state index contributed by atoms with van der Waals surface area (Å²) in [7, 11) is 1.64. The summed E-state index contributed by atoms with van der Waals surface area (Å²) < 4.78 is 5.28. The van der Waals surface area contributed by atoms with Gasteiger partial charge >= 0.3 is 5.97 Å². The lowest BCUT2D eigenvalue weighted by atomic mass is 10.1. The molecule has 116 valence electrons. The fraction of sp³-hybridized carbons (Fsp3) is 0.471. The van der Waals surface area contributed by atoms with Crippen molar-refractivity contribution in [1.29, 1.82) is 0 Å². The van der Waals surface area contributed by atoms with Crippen LogP contribution in [0.5, 0.6) is 5.75 Å². The van der Waals surface area contributed by atoms with Gasteiger partial charge in [0, 0.05) is 12.6 Å². The second-order valence-electron chi connectivity index (χ2n) is 5.01. The Labute approximate surface area is 127 Å². The highest BCUT2D eigenvalue weighted by molar-refractivity contribution is 5.85. The largest absolute Gasteiger partial charge is 0.497 e. The van der Waals surface area contributed by atoms with Gasteiger partial charge in [-0.25, -0.2) is 4.79 Å². The Morgan fingerprint density at radius 3 is 2.48 bits per heavy atom. The first kappa shape index (κ1) is 17.2. The third kappa shape index (κ3) is 6.00. The molecule has 0 radical (unpaired) electrons. The van der Waals surface area contributed by atoms with Gasteiger partial charge in [-0.15, -0.1) is 0 Å². The van der Waals surface area contributed by atoms with E-state index in [1.807, 2.05) is 18.2 Å². The van der Waals surface area contributed by atoms with Gasteiger partial charge in [0.25, 0.3) is 0 Å². The summed E-state index contributed by atoms with van der Waals surface area (Å²) in [6, 6.07) is 5.75. The predicted octanol–water partition coefficient (Wildman–Crippen LogP) is 3.42. The zero-order valence-corrected chi connectivity index (χ0v) is 13.1. The maximum atomic E-state index is 10.7. The molecule has 0 amide bonds. The van der Waals surface area contributed by atoms with Crippen LogP contribution in [0.25, 0.3) is 6.08 Å². The van der Waals surface area contributed by atoms with Crippen LogP contribution in [0.1, 0.15) is 37.8 Å². The van der Waals surface area contributed by atoms with E-state index in [4.69, 9.17) is 9.84 Å². The van der Waals surface area contributed by atoms with Crippen LogP contribution in [-0.2, 0) is 11.3 Å². The van der Waals surface area contributed by atoms with Crippen molar-refractivity contribution in [2.24, 2.45) is 0 Å². The van der Waals surface area contributed by atoms with Gasteiger partial charge in [0.05, 0.1) is 7.11 Å². The van der Waals surface area contributed by atoms with Crippen molar-refractivity contribution in [1.82, 2.24) is 4.90 Å². The fourth-order valence-electron chi connectivity index (χ4n) is 2.31. The maximum absolute atomic E-state index is 10.7. The molecule has 0 saturated carbocycles. The van der Waals surface area contributed by atoms with E-state index in [-0.39, 0.29) is 0 Å². The highest BCUT2D eigenvalue weighted by Gasteiger charge is 2.08. The Hall–Kier alpha value is -1.81. The zero-order chi connectivity index (χ0) is 15.7. The molecule has 21 heavy (non-hydrogen) atoms. The lowest BCUT2D eigenvalue weighted by Crippen LogP contribution is -2.25. The lowest BCUT2D eigenvalue weighted by molar-refractivity contribution is -0.131. The van der Waals surface area contributed by atoms with Gasteiger partial charge in [-0.2, -0.15) is 0 Å². The predicted molar refractivity (Wildman–Crippen MR) is 85.5 cm³/mol. The molecule has 0 aromatic heterocycles. The number of hydrogen-bond donors (Lipinski definition) is 1. The van der Waals surface area contributed by atoms with Crippen LogP contribution >= 0.6 is 0 Å². The van der Waals surface area contributed by atoms with E-state index >= 15 is 0 Å². The van der Waals surface area contributed by atoms with Crippen LogP contribution < -0.4 is 4.74 Å². The molecular weight excluding hydrogens is 266 g/mol. The highest BCUT2D eigenvalue weighted by atomic mass is 16.5. The fourth-order valence-corrected chi connectivity index (χ4v) is 2.31. The minimum Gasteiger partial charge on any atom is -0.497 e. The van der Waals surface area contributed by atoms with Crippen molar-refractivity contribution >= 4 is 12.0 Å². The number of rotatable bonds is 9. The number of nitrogens with zero attached hydrogens (tertiary/aromatic N) is 1. The highest BCUT2D eigenvalue weighted by Crippen LogP contribution is 2.21. The average Bonchev–Trinajstić information content (AvgIpc) is 2.46. The van der Waals surface area contributed by atoms with Crippen LogP contribution in [0, 0.1) is 0 Å². The number of hydrogen-bond acceptors (Lipinski definition) is 3. The molecular formula is C17H25NO3. The molecule has 0 aliphatic carbocycles. The minimum absolute atomic E-state index is 0.797. The van der Waals surface area contributed by atoms with E-state index in [2.05, 4.69) is 18.7 Å². The van der Waals surface area contributed by atoms with Crippen LogP contribution in [0.2, 0.25) is 0 Å². The zero-order valence-electron chi connectivity index (χ0n) is 13.1. The van der Waals surface area contributed by atoms with Crippen LogP contribution in [0.3, 0.4) is 0 Å². The van der Waals surface area contributed by atoms with Crippen molar-refractivity contribution in [2.45, 2.75) is 33.2 Å². The number of ether oxygens (including phenoxy) is 1. The van der Waals surface area contributed by atoms with Gasteiger partial charge < -0.3 is 9.84 Å². The molecule has 0 fully saturated rings. The summed E-state index contributed by atoms with van der Waals surface area (Å²) in [5, 5.41) is 8.79. The second-order valence-corrected chi connectivity index (χ2v) is 5.01.